The average Bonchev–Trinajstić information content (AvgIpc) is 3.30. The van der Waals surface area contributed by atoms with Crippen molar-refractivity contribution in [1.29, 1.82) is 0 Å². The summed E-state index contributed by atoms with van der Waals surface area (Å²) in [4.78, 5) is 32.1. The number of aromatic nitrogens is 3. The number of anilines is 2. The number of benzene rings is 1. The summed E-state index contributed by atoms with van der Waals surface area (Å²) in [7, 11) is 0. The van der Waals surface area contributed by atoms with Crippen molar-refractivity contribution in [2.45, 2.75) is 25.7 Å². The van der Waals surface area contributed by atoms with E-state index in [1.54, 1.807) is 10.7 Å². The highest BCUT2D eigenvalue weighted by molar-refractivity contribution is 6.06. The highest BCUT2D eigenvalue weighted by Gasteiger charge is 2.35. The Hall–Kier alpha value is -3.30. The Balaban J connectivity index is 1.34. The summed E-state index contributed by atoms with van der Waals surface area (Å²) in [5, 5.41) is 10.3. The molecule has 1 atom stereocenters. The number of fused-ring (bicyclic) bond motifs is 2. The van der Waals surface area contributed by atoms with Crippen LogP contribution >= 0.6 is 0 Å². The van der Waals surface area contributed by atoms with Crippen LogP contribution in [0, 0.1) is 6.92 Å². The van der Waals surface area contributed by atoms with Crippen LogP contribution in [0.2, 0.25) is 0 Å². The molecule has 166 valence electrons. The zero-order chi connectivity index (χ0) is 22.1. The molecule has 0 saturated carbocycles. The molecule has 0 aliphatic carbocycles. The van der Waals surface area contributed by atoms with Gasteiger partial charge in [-0.1, -0.05) is 18.2 Å². The van der Waals surface area contributed by atoms with Crippen LogP contribution in [0.3, 0.4) is 0 Å². The standard InChI is InChI=1S/C23H26N6O3/c1-15-18(26-19(30)7-4-8-28-9-11-32-12-10-28)13-29-22(15)21(24-14-25-29)20-16-5-2-3-6-17(16)27-23(20)31/h2-3,5-6,13-14,20H,4,7-12H2,1H3,(H,26,30)(H,27,31). The van der Waals surface area contributed by atoms with Gasteiger partial charge in [0.25, 0.3) is 0 Å². The van der Waals surface area contributed by atoms with Crippen molar-refractivity contribution in [2.75, 3.05) is 43.5 Å². The number of rotatable bonds is 6. The maximum absolute atomic E-state index is 12.8. The van der Waals surface area contributed by atoms with Gasteiger partial charge in [0, 0.05) is 30.8 Å². The van der Waals surface area contributed by atoms with Crippen molar-refractivity contribution in [2.24, 2.45) is 0 Å². The second-order valence-corrected chi connectivity index (χ2v) is 8.22. The summed E-state index contributed by atoms with van der Waals surface area (Å²) >= 11 is 0. The minimum atomic E-state index is -0.512. The third-order valence-electron chi connectivity index (χ3n) is 6.18. The van der Waals surface area contributed by atoms with Crippen molar-refractivity contribution in [3.8, 4) is 0 Å². The SMILES string of the molecule is Cc1c(NC(=O)CCCN2CCOCC2)cn2ncnc(C3C(=O)Nc4ccccc43)c12. The minimum absolute atomic E-state index is 0.0317. The molecule has 2 aliphatic rings. The van der Waals surface area contributed by atoms with Gasteiger partial charge in [0.2, 0.25) is 11.8 Å². The lowest BCUT2D eigenvalue weighted by Crippen LogP contribution is -2.37. The van der Waals surface area contributed by atoms with Gasteiger partial charge < -0.3 is 15.4 Å². The number of amides is 2. The van der Waals surface area contributed by atoms with E-state index in [0.29, 0.717) is 17.8 Å². The van der Waals surface area contributed by atoms with Crippen LogP contribution in [-0.4, -0.2) is 64.2 Å². The molecule has 1 aromatic carbocycles. The Morgan fingerprint density at radius 1 is 1.28 bits per heavy atom. The molecule has 2 aromatic heterocycles. The predicted octanol–water partition coefficient (Wildman–Crippen LogP) is 2.17. The van der Waals surface area contributed by atoms with E-state index in [1.807, 2.05) is 31.2 Å². The second-order valence-electron chi connectivity index (χ2n) is 8.22. The largest absolute Gasteiger partial charge is 0.379 e. The molecule has 0 spiro atoms. The summed E-state index contributed by atoms with van der Waals surface area (Å²) in [5.74, 6) is -0.654. The number of aryl methyl sites for hydroxylation is 1. The van der Waals surface area contributed by atoms with Gasteiger partial charge in [-0.3, -0.25) is 14.5 Å². The lowest BCUT2D eigenvalue weighted by atomic mass is 9.95. The number of morpholine rings is 1. The first-order valence-corrected chi connectivity index (χ1v) is 10.9. The van der Waals surface area contributed by atoms with Crippen LogP contribution in [0.25, 0.3) is 5.52 Å². The normalized spacial score (nSPS) is 18.5. The molecule has 2 amide bonds. The van der Waals surface area contributed by atoms with E-state index in [4.69, 9.17) is 4.74 Å². The van der Waals surface area contributed by atoms with Crippen LogP contribution in [0.15, 0.2) is 36.8 Å². The molecule has 9 heteroatoms. The third-order valence-corrected chi connectivity index (χ3v) is 6.18. The number of carbonyl (C=O) groups excluding carboxylic acids is 2. The summed E-state index contributed by atoms with van der Waals surface area (Å²) in [5.41, 5.74) is 4.61. The number of hydrogen-bond acceptors (Lipinski definition) is 6. The summed E-state index contributed by atoms with van der Waals surface area (Å²) in [6.45, 7) is 6.17. The van der Waals surface area contributed by atoms with Crippen molar-refractivity contribution in [3.63, 3.8) is 0 Å². The predicted molar refractivity (Wildman–Crippen MR) is 120 cm³/mol. The average molecular weight is 435 g/mol. The quantitative estimate of drug-likeness (QED) is 0.617. The Labute approximate surface area is 185 Å². The molecule has 1 unspecified atom stereocenters. The molecular formula is C23H26N6O3. The number of nitrogens with zero attached hydrogens (tertiary/aromatic N) is 4. The van der Waals surface area contributed by atoms with Gasteiger partial charge in [-0.2, -0.15) is 5.10 Å². The van der Waals surface area contributed by atoms with E-state index < -0.39 is 5.92 Å². The third kappa shape index (κ3) is 3.85. The first-order valence-electron chi connectivity index (χ1n) is 10.9. The highest BCUT2D eigenvalue weighted by atomic mass is 16.5. The van der Waals surface area contributed by atoms with Gasteiger partial charge in [-0.05, 0) is 31.5 Å². The molecule has 2 aliphatic heterocycles. The van der Waals surface area contributed by atoms with Gasteiger partial charge in [0.1, 0.15) is 12.2 Å². The molecule has 9 nitrogen and oxygen atoms in total. The molecule has 1 fully saturated rings. The Morgan fingerprint density at radius 3 is 2.94 bits per heavy atom. The van der Waals surface area contributed by atoms with Gasteiger partial charge in [0.15, 0.2) is 0 Å². The molecule has 4 heterocycles. The van der Waals surface area contributed by atoms with E-state index in [9.17, 15) is 9.59 Å². The van der Waals surface area contributed by atoms with Crippen LogP contribution in [0.1, 0.15) is 35.6 Å². The van der Waals surface area contributed by atoms with Crippen LogP contribution in [-0.2, 0) is 14.3 Å². The summed E-state index contributed by atoms with van der Waals surface area (Å²) < 4.78 is 7.05. The first kappa shape index (κ1) is 20.6. The Bertz CT molecular complexity index is 1170. The van der Waals surface area contributed by atoms with Gasteiger partial charge in [0.05, 0.1) is 36.3 Å². The zero-order valence-electron chi connectivity index (χ0n) is 18.0. The number of para-hydroxylation sites is 1. The highest BCUT2D eigenvalue weighted by Crippen LogP contribution is 2.39. The van der Waals surface area contributed by atoms with Crippen LogP contribution in [0.5, 0.6) is 0 Å². The van der Waals surface area contributed by atoms with E-state index in [2.05, 4.69) is 25.6 Å². The fourth-order valence-corrected chi connectivity index (χ4v) is 4.51. The van der Waals surface area contributed by atoms with Gasteiger partial charge in [-0.15, -0.1) is 0 Å². The maximum atomic E-state index is 12.8. The Kier molecular flexibility index (Phi) is 5.59. The fourth-order valence-electron chi connectivity index (χ4n) is 4.51. The number of hydrogen-bond donors (Lipinski definition) is 2. The molecule has 0 bridgehead atoms. The maximum Gasteiger partial charge on any atom is 0.238 e. The number of nitrogens with one attached hydrogen (secondary N) is 2. The van der Waals surface area contributed by atoms with E-state index >= 15 is 0 Å². The monoisotopic (exact) mass is 434 g/mol. The van der Waals surface area contributed by atoms with Crippen molar-refractivity contribution < 1.29 is 14.3 Å². The van der Waals surface area contributed by atoms with Crippen molar-refractivity contribution >= 4 is 28.7 Å². The van der Waals surface area contributed by atoms with E-state index in [1.165, 1.54) is 6.33 Å². The fraction of sp³-hybridized carbons (Fsp3) is 0.391. The van der Waals surface area contributed by atoms with E-state index in [0.717, 1.165) is 61.6 Å². The minimum Gasteiger partial charge on any atom is -0.379 e. The second kappa shape index (κ2) is 8.68. The lowest BCUT2D eigenvalue weighted by Gasteiger charge is -2.26. The van der Waals surface area contributed by atoms with Gasteiger partial charge >= 0.3 is 0 Å². The summed E-state index contributed by atoms with van der Waals surface area (Å²) in [6, 6.07) is 7.63. The topological polar surface area (TPSA) is 101 Å². The number of carbonyl (C=O) groups is 2. The molecule has 2 N–H and O–H groups in total. The molecule has 0 radical (unpaired) electrons. The number of ether oxygens (including phenoxy) is 1. The summed E-state index contributed by atoms with van der Waals surface area (Å²) in [6.07, 6.45) is 4.47. The van der Waals surface area contributed by atoms with Crippen LogP contribution in [0.4, 0.5) is 11.4 Å². The van der Waals surface area contributed by atoms with Crippen molar-refractivity contribution in [1.82, 2.24) is 19.5 Å². The molecule has 3 aromatic rings. The van der Waals surface area contributed by atoms with Crippen LogP contribution < -0.4 is 10.6 Å². The molecular weight excluding hydrogens is 408 g/mol. The lowest BCUT2D eigenvalue weighted by molar-refractivity contribution is -0.117. The van der Waals surface area contributed by atoms with E-state index in [-0.39, 0.29) is 11.8 Å². The molecule has 5 rings (SSSR count). The molecule has 1 saturated heterocycles. The van der Waals surface area contributed by atoms with Crippen molar-refractivity contribution in [3.05, 3.63) is 53.6 Å². The smallest absolute Gasteiger partial charge is 0.238 e. The van der Waals surface area contributed by atoms with Gasteiger partial charge in [-0.25, -0.2) is 9.50 Å². The molecule has 32 heavy (non-hydrogen) atoms. The first-order chi connectivity index (χ1) is 15.6. The zero-order valence-corrected chi connectivity index (χ0v) is 18.0. The Morgan fingerprint density at radius 2 is 2.09 bits per heavy atom.